The maximum atomic E-state index is 4.76. The highest BCUT2D eigenvalue weighted by molar-refractivity contribution is 5.88. The maximum Gasteiger partial charge on any atom is 0.181 e. The van der Waals surface area contributed by atoms with Crippen molar-refractivity contribution in [1.29, 1.82) is 0 Å². The van der Waals surface area contributed by atoms with Crippen molar-refractivity contribution in [3.05, 3.63) is 54.6 Å². The molecular weight excluding hydrogens is 314 g/mol. The van der Waals surface area contributed by atoms with Crippen molar-refractivity contribution >= 4 is 16.7 Å². The topological polar surface area (TPSA) is 75.5 Å². The predicted octanol–water partition coefficient (Wildman–Crippen LogP) is 2.28. The molecule has 4 heterocycles. The van der Waals surface area contributed by atoms with Crippen molar-refractivity contribution in [1.82, 2.24) is 29.9 Å². The van der Waals surface area contributed by atoms with Crippen LogP contribution in [0.25, 0.3) is 22.4 Å². The molecule has 0 unspecified atom stereocenters. The number of H-pyrrole nitrogens is 1. The van der Waals surface area contributed by atoms with Gasteiger partial charge >= 0.3 is 0 Å². The van der Waals surface area contributed by atoms with Gasteiger partial charge in [0.25, 0.3) is 0 Å². The van der Waals surface area contributed by atoms with Crippen LogP contribution in [0.5, 0.6) is 0 Å². The van der Waals surface area contributed by atoms with E-state index in [1.165, 1.54) is 0 Å². The lowest BCUT2D eigenvalue weighted by molar-refractivity contribution is 0.611. The van der Waals surface area contributed by atoms with Crippen LogP contribution in [-0.4, -0.2) is 43.0 Å². The zero-order valence-electron chi connectivity index (χ0n) is 13.6. The summed E-state index contributed by atoms with van der Waals surface area (Å²) in [7, 11) is 0. The van der Waals surface area contributed by atoms with Crippen LogP contribution in [0.15, 0.2) is 48.8 Å². The molecule has 0 fully saturated rings. The number of nitrogens with zero attached hydrogens (tertiary/aromatic N) is 6. The second-order valence-electron chi connectivity index (χ2n) is 6.14. The van der Waals surface area contributed by atoms with Gasteiger partial charge in [-0.3, -0.25) is 5.10 Å². The molecule has 0 atom stereocenters. The molecule has 1 aliphatic heterocycles. The average Bonchev–Trinajstić information content (AvgIpc) is 3.25. The highest BCUT2D eigenvalue weighted by atomic mass is 15.4. The number of aromatic nitrogens is 6. The number of hydrogen-bond donors (Lipinski definition) is 1. The van der Waals surface area contributed by atoms with Gasteiger partial charge in [0.2, 0.25) is 0 Å². The summed E-state index contributed by atoms with van der Waals surface area (Å²) in [5.41, 5.74) is 3.05. The van der Waals surface area contributed by atoms with Gasteiger partial charge in [0.15, 0.2) is 11.5 Å². The third-order valence-corrected chi connectivity index (χ3v) is 4.64. The minimum absolute atomic E-state index is 0.810. The summed E-state index contributed by atoms with van der Waals surface area (Å²) in [4.78, 5) is 11.4. The fourth-order valence-corrected chi connectivity index (χ4v) is 3.36. The quantitative estimate of drug-likeness (QED) is 0.610. The molecule has 0 saturated carbocycles. The number of fused-ring (bicyclic) bond motifs is 2. The monoisotopic (exact) mass is 331 g/mol. The lowest BCUT2D eigenvalue weighted by Gasteiger charge is -2.22. The Morgan fingerprint density at radius 1 is 1.00 bits per heavy atom. The number of hydrogen-bond acceptors (Lipinski definition) is 5. The molecule has 0 spiro atoms. The van der Waals surface area contributed by atoms with E-state index in [1.807, 2.05) is 47.4 Å². The molecule has 124 valence electrons. The van der Waals surface area contributed by atoms with E-state index in [0.717, 1.165) is 60.0 Å². The lowest BCUT2D eigenvalue weighted by atomic mass is 10.2. The fourth-order valence-electron chi connectivity index (χ4n) is 3.36. The van der Waals surface area contributed by atoms with E-state index >= 15 is 0 Å². The van der Waals surface area contributed by atoms with Crippen molar-refractivity contribution in [2.75, 3.05) is 18.0 Å². The van der Waals surface area contributed by atoms with Crippen LogP contribution < -0.4 is 4.90 Å². The van der Waals surface area contributed by atoms with Gasteiger partial charge in [0.1, 0.15) is 5.82 Å². The first kappa shape index (κ1) is 14.2. The Morgan fingerprint density at radius 3 is 2.84 bits per heavy atom. The standard InChI is InChI=1S/C18H17N7/c1-2-4-13(5-3-1)17-21-16-7-9-24(10-11-25(16)23-17)15-6-8-19-18-14(15)12-20-22-18/h1-6,8,12H,7,9-11H2,(H,19,20,22). The second-order valence-corrected chi connectivity index (χ2v) is 6.14. The Kier molecular flexibility index (Phi) is 3.22. The Labute approximate surface area is 144 Å². The highest BCUT2D eigenvalue weighted by Gasteiger charge is 2.19. The van der Waals surface area contributed by atoms with E-state index in [1.54, 1.807) is 0 Å². The van der Waals surface area contributed by atoms with Gasteiger partial charge in [-0.05, 0) is 6.07 Å². The summed E-state index contributed by atoms with van der Waals surface area (Å²) in [5, 5.41) is 12.8. The van der Waals surface area contributed by atoms with Crippen LogP contribution in [0.4, 0.5) is 5.69 Å². The molecule has 0 radical (unpaired) electrons. The number of aromatic amines is 1. The minimum atomic E-state index is 0.810. The molecule has 0 saturated heterocycles. The van der Waals surface area contributed by atoms with Gasteiger partial charge < -0.3 is 4.90 Å². The number of anilines is 1. The molecule has 5 rings (SSSR count). The van der Waals surface area contributed by atoms with Gasteiger partial charge in [-0.2, -0.15) is 10.2 Å². The summed E-state index contributed by atoms with van der Waals surface area (Å²) in [6.07, 6.45) is 4.53. The van der Waals surface area contributed by atoms with Gasteiger partial charge in [-0.25, -0.2) is 14.6 Å². The van der Waals surface area contributed by atoms with E-state index in [9.17, 15) is 0 Å². The van der Waals surface area contributed by atoms with Crippen LogP contribution in [0, 0.1) is 0 Å². The largest absolute Gasteiger partial charge is 0.369 e. The van der Waals surface area contributed by atoms with Crippen LogP contribution in [0.2, 0.25) is 0 Å². The number of benzene rings is 1. The molecule has 7 nitrogen and oxygen atoms in total. The number of pyridine rings is 1. The van der Waals surface area contributed by atoms with Crippen molar-refractivity contribution in [3.63, 3.8) is 0 Å². The molecule has 1 N–H and O–H groups in total. The summed E-state index contributed by atoms with van der Waals surface area (Å²) in [6.45, 7) is 2.60. The Balaban J connectivity index is 1.43. The zero-order chi connectivity index (χ0) is 16.6. The fraction of sp³-hybridized carbons (Fsp3) is 0.222. The maximum absolute atomic E-state index is 4.76. The van der Waals surface area contributed by atoms with E-state index in [2.05, 4.69) is 26.1 Å². The number of rotatable bonds is 2. The lowest BCUT2D eigenvalue weighted by Crippen LogP contribution is -2.27. The molecule has 25 heavy (non-hydrogen) atoms. The van der Waals surface area contributed by atoms with E-state index in [-0.39, 0.29) is 0 Å². The van der Waals surface area contributed by atoms with Gasteiger partial charge in [0, 0.05) is 31.3 Å². The average molecular weight is 331 g/mol. The molecule has 4 aromatic rings. The smallest absolute Gasteiger partial charge is 0.181 e. The molecule has 0 bridgehead atoms. The van der Waals surface area contributed by atoms with Crippen molar-refractivity contribution in [2.24, 2.45) is 0 Å². The van der Waals surface area contributed by atoms with Crippen molar-refractivity contribution in [2.45, 2.75) is 13.0 Å². The predicted molar refractivity (Wildman–Crippen MR) is 95.3 cm³/mol. The third-order valence-electron chi connectivity index (χ3n) is 4.64. The molecule has 0 aliphatic carbocycles. The summed E-state index contributed by atoms with van der Waals surface area (Å²) in [6, 6.07) is 12.2. The summed E-state index contributed by atoms with van der Waals surface area (Å²) >= 11 is 0. The first-order valence-corrected chi connectivity index (χ1v) is 8.41. The van der Waals surface area contributed by atoms with Gasteiger partial charge in [0.05, 0.1) is 23.8 Å². The van der Waals surface area contributed by atoms with E-state index in [0.29, 0.717) is 0 Å². The third kappa shape index (κ3) is 2.44. The Bertz CT molecular complexity index is 993. The molecule has 0 amide bonds. The zero-order valence-corrected chi connectivity index (χ0v) is 13.6. The molecule has 3 aromatic heterocycles. The second kappa shape index (κ2) is 5.70. The molecule has 1 aromatic carbocycles. The van der Waals surface area contributed by atoms with Crippen LogP contribution in [0.1, 0.15) is 5.82 Å². The summed E-state index contributed by atoms with van der Waals surface area (Å²) in [5.74, 6) is 1.85. The van der Waals surface area contributed by atoms with Crippen LogP contribution in [-0.2, 0) is 13.0 Å². The van der Waals surface area contributed by atoms with E-state index < -0.39 is 0 Å². The molecular formula is C18H17N7. The normalized spacial score (nSPS) is 14.5. The highest BCUT2D eigenvalue weighted by Crippen LogP contribution is 2.25. The van der Waals surface area contributed by atoms with Crippen LogP contribution in [0.3, 0.4) is 0 Å². The summed E-state index contributed by atoms with van der Waals surface area (Å²) < 4.78 is 2.04. The Morgan fingerprint density at radius 2 is 1.92 bits per heavy atom. The first-order valence-electron chi connectivity index (χ1n) is 8.41. The minimum Gasteiger partial charge on any atom is -0.369 e. The first-order chi connectivity index (χ1) is 12.4. The molecule has 7 heteroatoms. The SMILES string of the molecule is c1ccc(-c2nc3n(n2)CCN(c2ccnc4[nH]ncc24)CC3)cc1. The molecule has 1 aliphatic rings. The van der Waals surface area contributed by atoms with Gasteiger partial charge in [-0.1, -0.05) is 30.3 Å². The Hall–Kier alpha value is -3.22. The van der Waals surface area contributed by atoms with E-state index in [4.69, 9.17) is 10.1 Å². The number of nitrogens with one attached hydrogen (secondary N) is 1. The van der Waals surface area contributed by atoms with Crippen LogP contribution >= 0.6 is 0 Å². The van der Waals surface area contributed by atoms with Crippen molar-refractivity contribution < 1.29 is 0 Å². The van der Waals surface area contributed by atoms with Gasteiger partial charge in [-0.15, -0.1) is 0 Å². The van der Waals surface area contributed by atoms with Crippen molar-refractivity contribution in [3.8, 4) is 11.4 Å².